The van der Waals surface area contributed by atoms with Gasteiger partial charge in [0.05, 0.1) is 16.5 Å². The molecule has 0 aliphatic heterocycles. The predicted molar refractivity (Wildman–Crippen MR) is 72.6 cm³/mol. The highest BCUT2D eigenvalue weighted by Gasteiger charge is 2.11. The van der Waals surface area contributed by atoms with Crippen LogP contribution in [0.5, 0.6) is 0 Å². The van der Waals surface area contributed by atoms with Crippen molar-refractivity contribution in [3.05, 3.63) is 33.8 Å². The molecule has 1 aromatic rings. The standard InChI is InChI=1S/C13H17Cl2NO/c1-8(2)9(3)16-13(17)7-10-4-5-11(14)12(15)6-10/h4-6,8-9H,7H2,1-3H3,(H,16,17). The fourth-order valence-corrected chi connectivity index (χ4v) is 1.63. The largest absolute Gasteiger partial charge is 0.353 e. The number of rotatable bonds is 4. The first kappa shape index (κ1) is 14.3. The third-order valence-electron chi connectivity index (χ3n) is 2.74. The molecule has 0 bridgehead atoms. The van der Waals surface area contributed by atoms with Crippen molar-refractivity contribution in [1.29, 1.82) is 0 Å². The van der Waals surface area contributed by atoms with Gasteiger partial charge in [0.1, 0.15) is 0 Å². The zero-order chi connectivity index (χ0) is 13.0. The molecule has 1 atom stereocenters. The molecule has 1 rings (SSSR count). The molecule has 1 amide bonds. The van der Waals surface area contributed by atoms with Gasteiger partial charge in [-0.2, -0.15) is 0 Å². The fourth-order valence-electron chi connectivity index (χ4n) is 1.31. The Morgan fingerprint density at radius 3 is 2.41 bits per heavy atom. The van der Waals surface area contributed by atoms with Gasteiger partial charge in [-0.3, -0.25) is 4.79 Å². The molecule has 0 spiro atoms. The summed E-state index contributed by atoms with van der Waals surface area (Å²) in [4.78, 5) is 11.7. The third kappa shape index (κ3) is 4.57. The molecule has 0 saturated carbocycles. The van der Waals surface area contributed by atoms with Crippen LogP contribution in [0.2, 0.25) is 10.0 Å². The van der Waals surface area contributed by atoms with Gasteiger partial charge in [-0.15, -0.1) is 0 Å². The number of hydrogen-bond donors (Lipinski definition) is 1. The fraction of sp³-hybridized carbons (Fsp3) is 0.462. The lowest BCUT2D eigenvalue weighted by atomic mass is 10.1. The Bertz CT molecular complexity index is 404. The molecule has 0 fully saturated rings. The van der Waals surface area contributed by atoms with E-state index in [1.54, 1.807) is 12.1 Å². The molecule has 0 radical (unpaired) electrons. The molecule has 0 aliphatic carbocycles. The summed E-state index contributed by atoms with van der Waals surface area (Å²) in [7, 11) is 0. The van der Waals surface area contributed by atoms with Crippen LogP contribution in [-0.2, 0) is 11.2 Å². The number of amides is 1. The van der Waals surface area contributed by atoms with Gasteiger partial charge >= 0.3 is 0 Å². The lowest BCUT2D eigenvalue weighted by Crippen LogP contribution is -2.37. The Labute approximate surface area is 112 Å². The summed E-state index contributed by atoms with van der Waals surface area (Å²) in [6, 6.07) is 5.42. The first-order chi connectivity index (χ1) is 7.90. The average Bonchev–Trinajstić information content (AvgIpc) is 2.23. The molecule has 0 heterocycles. The lowest BCUT2D eigenvalue weighted by Gasteiger charge is -2.17. The van der Waals surface area contributed by atoms with E-state index in [9.17, 15) is 4.79 Å². The Kier molecular flexibility index (Phi) is 5.29. The second kappa shape index (κ2) is 6.27. The van der Waals surface area contributed by atoms with Crippen LogP contribution in [0.4, 0.5) is 0 Å². The highest BCUT2D eigenvalue weighted by Crippen LogP contribution is 2.22. The summed E-state index contributed by atoms with van der Waals surface area (Å²) in [5.74, 6) is 0.428. The smallest absolute Gasteiger partial charge is 0.224 e. The number of benzene rings is 1. The Morgan fingerprint density at radius 2 is 1.88 bits per heavy atom. The van der Waals surface area contributed by atoms with E-state index in [1.165, 1.54) is 0 Å². The lowest BCUT2D eigenvalue weighted by molar-refractivity contribution is -0.121. The Balaban J connectivity index is 2.59. The third-order valence-corrected chi connectivity index (χ3v) is 3.48. The van der Waals surface area contributed by atoms with Gasteiger partial charge in [-0.05, 0) is 30.5 Å². The maximum atomic E-state index is 11.7. The molecule has 0 aromatic heterocycles. The topological polar surface area (TPSA) is 29.1 Å². The van der Waals surface area contributed by atoms with Crippen LogP contribution in [0.1, 0.15) is 26.3 Å². The quantitative estimate of drug-likeness (QED) is 0.891. The van der Waals surface area contributed by atoms with E-state index in [2.05, 4.69) is 19.2 Å². The molecule has 1 unspecified atom stereocenters. The van der Waals surface area contributed by atoms with Crippen LogP contribution in [0.15, 0.2) is 18.2 Å². The maximum Gasteiger partial charge on any atom is 0.224 e. The van der Waals surface area contributed by atoms with E-state index >= 15 is 0 Å². The number of carbonyl (C=O) groups is 1. The number of hydrogen-bond acceptors (Lipinski definition) is 1. The van der Waals surface area contributed by atoms with Gasteiger partial charge < -0.3 is 5.32 Å². The highest BCUT2D eigenvalue weighted by molar-refractivity contribution is 6.42. The molecule has 94 valence electrons. The van der Waals surface area contributed by atoms with Crippen molar-refractivity contribution in [2.75, 3.05) is 0 Å². The monoisotopic (exact) mass is 273 g/mol. The van der Waals surface area contributed by atoms with Gasteiger partial charge in [0, 0.05) is 6.04 Å². The van der Waals surface area contributed by atoms with E-state index in [0.29, 0.717) is 22.4 Å². The van der Waals surface area contributed by atoms with Crippen LogP contribution in [0, 0.1) is 5.92 Å². The van der Waals surface area contributed by atoms with Crippen molar-refractivity contribution in [3.8, 4) is 0 Å². The predicted octanol–water partition coefficient (Wildman–Crippen LogP) is 3.70. The van der Waals surface area contributed by atoms with Gasteiger partial charge in [-0.25, -0.2) is 0 Å². The zero-order valence-electron chi connectivity index (χ0n) is 10.3. The molecule has 0 aliphatic rings. The van der Waals surface area contributed by atoms with Crippen LogP contribution in [0.25, 0.3) is 0 Å². The Hall–Kier alpha value is -0.730. The summed E-state index contributed by atoms with van der Waals surface area (Å²) >= 11 is 11.7. The number of nitrogens with one attached hydrogen (secondary N) is 1. The molecule has 1 N–H and O–H groups in total. The van der Waals surface area contributed by atoms with Crippen LogP contribution in [0.3, 0.4) is 0 Å². The summed E-state index contributed by atoms with van der Waals surface area (Å²) < 4.78 is 0. The van der Waals surface area contributed by atoms with E-state index in [0.717, 1.165) is 5.56 Å². The normalized spacial score (nSPS) is 12.6. The minimum absolute atomic E-state index is 0.00425. The van der Waals surface area contributed by atoms with Crippen molar-refractivity contribution >= 4 is 29.1 Å². The van der Waals surface area contributed by atoms with Crippen molar-refractivity contribution in [3.63, 3.8) is 0 Å². The van der Waals surface area contributed by atoms with Gasteiger partial charge in [-0.1, -0.05) is 43.1 Å². The van der Waals surface area contributed by atoms with E-state index < -0.39 is 0 Å². The second-order valence-corrected chi connectivity index (χ2v) is 5.34. The van der Waals surface area contributed by atoms with E-state index in [-0.39, 0.29) is 11.9 Å². The summed E-state index contributed by atoms with van der Waals surface area (Å²) in [5.41, 5.74) is 0.868. The van der Waals surface area contributed by atoms with Gasteiger partial charge in [0.2, 0.25) is 5.91 Å². The molecule has 1 aromatic carbocycles. The first-order valence-corrected chi connectivity index (χ1v) is 6.39. The first-order valence-electron chi connectivity index (χ1n) is 5.63. The van der Waals surface area contributed by atoms with E-state index in [4.69, 9.17) is 23.2 Å². The minimum Gasteiger partial charge on any atom is -0.353 e. The molecular formula is C13H17Cl2NO. The molecule has 4 heteroatoms. The van der Waals surface area contributed by atoms with E-state index in [1.807, 2.05) is 13.0 Å². The molecule has 2 nitrogen and oxygen atoms in total. The molecule has 0 saturated heterocycles. The van der Waals surface area contributed by atoms with Crippen molar-refractivity contribution < 1.29 is 4.79 Å². The average molecular weight is 274 g/mol. The van der Waals surface area contributed by atoms with Crippen LogP contribution in [-0.4, -0.2) is 11.9 Å². The number of halogens is 2. The summed E-state index contributed by atoms with van der Waals surface area (Å²) in [6.45, 7) is 6.14. The number of carbonyl (C=O) groups excluding carboxylic acids is 1. The molecule has 17 heavy (non-hydrogen) atoms. The van der Waals surface area contributed by atoms with Crippen molar-refractivity contribution in [1.82, 2.24) is 5.32 Å². The van der Waals surface area contributed by atoms with Gasteiger partial charge in [0.25, 0.3) is 0 Å². The van der Waals surface area contributed by atoms with Crippen LogP contribution >= 0.6 is 23.2 Å². The summed E-state index contributed by atoms with van der Waals surface area (Å²) in [5, 5.41) is 3.93. The Morgan fingerprint density at radius 1 is 1.24 bits per heavy atom. The van der Waals surface area contributed by atoms with Crippen molar-refractivity contribution in [2.45, 2.75) is 33.2 Å². The summed E-state index contributed by atoms with van der Waals surface area (Å²) in [6.07, 6.45) is 0.327. The molecular weight excluding hydrogens is 257 g/mol. The van der Waals surface area contributed by atoms with Crippen molar-refractivity contribution in [2.24, 2.45) is 5.92 Å². The highest BCUT2D eigenvalue weighted by atomic mass is 35.5. The zero-order valence-corrected chi connectivity index (χ0v) is 11.8. The van der Waals surface area contributed by atoms with Gasteiger partial charge in [0.15, 0.2) is 0 Å². The van der Waals surface area contributed by atoms with Crippen LogP contribution < -0.4 is 5.32 Å². The second-order valence-electron chi connectivity index (χ2n) is 4.53. The maximum absolute atomic E-state index is 11.7. The minimum atomic E-state index is 0.00425. The SMILES string of the molecule is CC(C)C(C)NC(=O)Cc1ccc(Cl)c(Cl)c1.